The lowest BCUT2D eigenvalue weighted by molar-refractivity contribution is 0.162. The molecule has 1 aliphatic heterocycles. The molecule has 106 valence electrons. The fourth-order valence-electron chi connectivity index (χ4n) is 2.91. The predicted molar refractivity (Wildman–Crippen MR) is 82.5 cm³/mol. The van der Waals surface area contributed by atoms with E-state index in [1.807, 2.05) is 0 Å². The van der Waals surface area contributed by atoms with Crippen LogP contribution in [-0.4, -0.2) is 30.6 Å². The summed E-state index contributed by atoms with van der Waals surface area (Å²) in [4.78, 5) is 2.63. The van der Waals surface area contributed by atoms with Crippen LogP contribution in [0.15, 0.2) is 24.3 Å². The van der Waals surface area contributed by atoms with Gasteiger partial charge in [0, 0.05) is 12.6 Å². The van der Waals surface area contributed by atoms with Crippen molar-refractivity contribution in [3.63, 3.8) is 0 Å². The summed E-state index contributed by atoms with van der Waals surface area (Å²) >= 11 is 0. The van der Waals surface area contributed by atoms with E-state index < -0.39 is 0 Å². The molecule has 0 aromatic heterocycles. The van der Waals surface area contributed by atoms with E-state index in [4.69, 9.17) is 0 Å². The van der Waals surface area contributed by atoms with Gasteiger partial charge in [0.2, 0.25) is 0 Å². The Balaban J connectivity index is 1.97. The zero-order chi connectivity index (χ0) is 13.7. The van der Waals surface area contributed by atoms with E-state index >= 15 is 0 Å². The average molecular weight is 260 g/mol. The predicted octanol–water partition coefficient (Wildman–Crippen LogP) is 3.38. The zero-order valence-electron chi connectivity index (χ0n) is 12.7. The van der Waals surface area contributed by atoms with Crippen molar-refractivity contribution >= 4 is 0 Å². The Morgan fingerprint density at radius 2 is 1.79 bits per heavy atom. The minimum absolute atomic E-state index is 0.626. The first kappa shape index (κ1) is 14.5. The second-order valence-electron chi connectivity index (χ2n) is 5.94. The number of hydrogen-bond acceptors (Lipinski definition) is 2. The van der Waals surface area contributed by atoms with Crippen LogP contribution in [0.3, 0.4) is 0 Å². The van der Waals surface area contributed by atoms with Gasteiger partial charge in [-0.25, -0.2) is 0 Å². The third kappa shape index (κ3) is 4.05. The Morgan fingerprint density at radius 3 is 2.32 bits per heavy atom. The highest BCUT2D eigenvalue weighted by Gasteiger charge is 2.19. The molecule has 19 heavy (non-hydrogen) atoms. The van der Waals surface area contributed by atoms with Crippen LogP contribution >= 0.6 is 0 Å². The molecule has 1 saturated heterocycles. The second kappa shape index (κ2) is 7.06. The van der Waals surface area contributed by atoms with Gasteiger partial charge in [0.25, 0.3) is 0 Å². The van der Waals surface area contributed by atoms with Gasteiger partial charge in [0.05, 0.1) is 0 Å². The monoisotopic (exact) mass is 260 g/mol. The van der Waals surface area contributed by atoms with E-state index in [9.17, 15) is 0 Å². The minimum atomic E-state index is 0.626. The molecule has 0 unspecified atom stereocenters. The van der Waals surface area contributed by atoms with Crippen LogP contribution in [0.4, 0.5) is 0 Å². The van der Waals surface area contributed by atoms with Gasteiger partial charge in [0.15, 0.2) is 0 Å². The topological polar surface area (TPSA) is 15.3 Å². The van der Waals surface area contributed by atoms with Gasteiger partial charge in [-0.05, 0) is 49.5 Å². The smallest absolute Gasteiger partial charge is 0.0236 e. The molecule has 1 heterocycles. The van der Waals surface area contributed by atoms with Crippen LogP contribution in [0.5, 0.6) is 0 Å². The van der Waals surface area contributed by atoms with Crippen molar-refractivity contribution in [2.24, 2.45) is 0 Å². The van der Waals surface area contributed by atoms with Crippen LogP contribution in [0.2, 0.25) is 0 Å². The maximum absolute atomic E-state index is 3.45. The van der Waals surface area contributed by atoms with Crippen LogP contribution in [0.25, 0.3) is 0 Å². The fraction of sp³-hybridized carbons (Fsp3) is 0.647. The maximum atomic E-state index is 3.45. The SMILES string of the molecule is CCN(Cc1ccc(C(C)C)cc1)C1CCNCC1. The number of piperidine rings is 1. The van der Waals surface area contributed by atoms with Gasteiger partial charge in [-0.1, -0.05) is 45.0 Å². The number of nitrogens with one attached hydrogen (secondary N) is 1. The highest BCUT2D eigenvalue weighted by molar-refractivity contribution is 5.24. The molecule has 1 aromatic carbocycles. The lowest BCUT2D eigenvalue weighted by Gasteiger charge is -2.34. The Labute approximate surface area is 118 Å². The van der Waals surface area contributed by atoms with E-state index in [1.54, 1.807) is 0 Å². The lowest BCUT2D eigenvalue weighted by Crippen LogP contribution is -2.42. The number of rotatable bonds is 5. The Morgan fingerprint density at radius 1 is 1.16 bits per heavy atom. The highest BCUT2D eigenvalue weighted by Crippen LogP contribution is 2.18. The first-order chi connectivity index (χ1) is 9.20. The molecule has 0 amide bonds. The third-order valence-electron chi connectivity index (χ3n) is 4.26. The maximum Gasteiger partial charge on any atom is 0.0236 e. The zero-order valence-corrected chi connectivity index (χ0v) is 12.7. The minimum Gasteiger partial charge on any atom is -0.317 e. The molecule has 0 atom stereocenters. The molecule has 0 spiro atoms. The van der Waals surface area contributed by atoms with E-state index in [-0.39, 0.29) is 0 Å². The summed E-state index contributed by atoms with van der Waals surface area (Å²) in [5.74, 6) is 0.626. The number of benzene rings is 1. The molecule has 2 heteroatoms. The summed E-state index contributed by atoms with van der Waals surface area (Å²) in [7, 11) is 0. The van der Waals surface area contributed by atoms with Crippen LogP contribution < -0.4 is 5.32 Å². The van der Waals surface area contributed by atoms with Crippen molar-refractivity contribution in [1.29, 1.82) is 0 Å². The standard InChI is InChI=1S/C17H28N2/c1-4-19(17-9-11-18-12-10-17)13-15-5-7-16(8-6-15)14(2)3/h5-8,14,17-18H,4,9-13H2,1-3H3. The van der Waals surface area contributed by atoms with Crippen LogP contribution in [0.1, 0.15) is 50.7 Å². The van der Waals surface area contributed by atoms with Gasteiger partial charge in [-0.3, -0.25) is 4.90 Å². The second-order valence-corrected chi connectivity index (χ2v) is 5.94. The van der Waals surface area contributed by atoms with Crippen molar-refractivity contribution in [1.82, 2.24) is 10.2 Å². The lowest BCUT2D eigenvalue weighted by atomic mass is 10.0. The largest absolute Gasteiger partial charge is 0.317 e. The molecular formula is C17H28N2. The molecule has 0 aliphatic carbocycles. The van der Waals surface area contributed by atoms with Gasteiger partial charge in [-0.15, -0.1) is 0 Å². The van der Waals surface area contributed by atoms with Crippen molar-refractivity contribution in [3.8, 4) is 0 Å². The Kier molecular flexibility index (Phi) is 5.41. The van der Waals surface area contributed by atoms with Gasteiger partial charge in [0.1, 0.15) is 0 Å². The number of hydrogen-bond donors (Lipinski definition) is 1. The summed E-state index contributed by atoms with van der Waals surface area (Å²) in [5.41, 5.74) is 2.89. The average Bonchev–Trinajstić information content (AvgIpc) is 2.46. The molecule has 2 rings (SSSR count). The van der Waals surface area contributed by atoms with Gasteiger partial charge < -0.3 is 5.32 Å². The quantitative estimate of drug-likeness (QED) is 0.873. The van der Waals surface area contributed by atoms with E-state index in [2.05, 4.69) is 55.3 Å². The van der Waals surface area contributed by atoms with Crippen LogP contribution in [-0.2, 0) is 6.54 Å². The Hall–Kier alpha value is -0.860. The van der Waals surface area contributed by atoms with Crippen molar-refractivity contribution in [2.45, 2.75) is 52.1 Å². The van der Waals surface area contributed by atoms with Gasteiger partial charge >= 0.3 is 0 Å². The first-order valence-corrected chi connectivity index (χ1v) is 7.74. The van der Waals surface area contributed by atoms with Crippen molar-refractivity contribution < 1.29 is 0 Å². The first-order valence-electron chi connectivity index (χ1n) is 7.74. The molecule has 2 nitrogen and oxygen atoms in total. The molecule has 1 aromatic rings. The molecule has 0 radical (unpaired) electrons. The normalized spacial score (nSPS) is 17.3. The molecular weight excluding hydrogens is 232 g/mol. The molecule has 1 N–H and O–H groups in total. The summed E-state index contributed by atoms with van der Waals surface area (Å²) in [6.45, 7) is 11.4. The molecule has 0 saturated carbocycles. The summed E-state index contributed by atoms with van der Waals surface area (Å²) in [6, 6.07) is 9.95. The Bertz CT molecular complexity index is 363. The van der Waals surface area contributed by atoms with Crippen molar-refractivity contribution in [3.05, 3.63) is 35.4 Å². The fourth-order valence-corrected chi connectivity index (χ4v) is 2.91. The molecule has 1 fully saturated rings. The summed E-state index contributed by atoms with van der Waals surface area (Å²) in [6.07, 6.45) is 2.58. The summed E-state index contributed by atoms with van der Waals surface area (Å²) in [5, 5.41) is 3.45. The van der Waals surface area contributed by atoms with E-state index in [1.165, 1.54) is 37.1 Å². The highest BCUT2D eigenvalue weighted by atomic mass is 15.2. The number of nitrogens with zero attached hydrogens (tertiary/aromatic N) is 1. The van der Waals surface area contributed by atoms with Gasteiger partial charge in [-0.2, -0.15) is 0 Å². The van der Waals surface area contributed by atoms with Crippen molar-refractivity contribution in [2.75, 3.05) is 19.6 Å². The van der Waals surface area contributed by atoms with E-state index in [0.717, 1.165) is 19.1 Å². The van der Waals surface area contributed by atoms with E-state index in [0.29, 0.717) is 5.92 Å². The third-order valence-corrected chi connectivity index (χ3v) is 4.26. The van der Waals surface area contributed by atoms with Crippen LogP contribution in [0, 0.1) is 0 Å². The summed E-state index contributed by atoms with van der Waals surface area (Å²) < 4.78 is 0. The molecule has 0 bridgehead atoms. The molecule has 1 aliphatic rings.